The Kier molecular flexibility index (Phi) is 5.54. The fourth-order valence-corrected chi connectivity index (χ4v) is 7.23. The molecule has 160 valence electrons. The lowest BCUT2D eigenvalue weighted by Crippen LogP contribution is -2.48. The summed E-state index contributed by atoms with van der Waals surface area (Å²) in [6.07, 6.45) is 7.76. The molecule has 0 aliphatic heterocycles. The van der Waals surface area contributed by atoms with Crippen molar-refractivity contribution in [2.24, 2.45) is 17.3 Å². The van der Waals surface area contributed by atoms with Gasteiger partial charge in [-0.05, 0) is 103 Å². The standard InChI is InChI=1S/C26H31Cl2NO/c1-26-12-11-20-19-7-5-18(30-2)14-17(19)4-6-21(20)22(26)8-10-25(26)29-15-16-3-9-23(27)24(28)13-16/h3,5,7,9,13-14,20-22,25,29H,4,6,8,10-12,15H2,1-2H3/t20-,21-,22+,25+,26+/m1/s1. The van der Waals surface area contributed by atoms with Gasteiger partial charge < -0.3 is 10.1 Å². The molecule has 2 aromatic carbocycles. The second-order valence-electron chi connectivity index (χ2n) is 9.78. The first-order valence-corrected chi connectivity index (χ1v) is 12.1. The van der Waals surface area contributed by atoms with Crippen LogP contribution in [0.2, 0.25) is 10.0 Å². The van der Waals surface area contributed by atoms with Crippen LogP contribution >= 0.6 is 23.2 Å². The molecule has 0 aromatic heterocycles. The molecule has 3 aliphatic rings. The summed E-state index contributed by atoms with van der Waals surface area (Å²) >= 11 is 12.3. The zero-order valence-corrected chi connectivity index (χ0v) is 19.4. The van der Waals surface area contributed by atoms with Crippen LogP contribution in [-0.4, -0.2) is 13.2 Å². The number of nitrogens with one attached hydrogen (secondary N) is 1. The third kappa shape index (κ3) is 3.45. The predicted octanol–water partition coefficient (Wildman–Crippen LogP) is 7.02. The van der Waals surface area contributed by atoms with Crippen LogP contribution in [0.15, 0.2) is 36.4 Å². The molecule has 2 aromatic rings. The molecular weight excluding hydrogens is 413 g/mol. The third-order valence-corrected chi connectivity index (χ3v) is 9.21. The summed E-state index contributed by atoms with van der Waals surface area (Å²) in [5.41, 5.74) is 4.72. The van der Waals surface area contributed by atoms with E-state index < -0.39 is 0 Å². The molecule has 2 nitrogen and oxygen atoms in total. The average molecular weight is 444 g/mol. The molecule has 1 N–H and O–H groups in total. The van der Waals surface area contributed by atoms with Crippen molar-refractivity contribution in [1.29, 1.82) is 0 Å². The maximum atomic E-state index is 6.22. The van der Waals surface area contributed by atoms with Gasteiger partial charge in [-0.3, -0.25) is 0 Å². The number of benzene rings is 2. The molecule has 5 rings (SSSR count). The van der Waals surface area contributed by atoms with Crippen LogP contribution in [0.5, 0.6) is 5.75 Å². The van der Waals surface area contributed by atoms with E-state index in [4.69, 9.17) is 27.9 Å². The Morgan fingerprint density at radius 1 is 1.03 bits per heavy atom. The van der Waals surface area contributed by atoms with E-state index in [0.717, 1.165) is 30.0 Å². The summed E-state index contributed by atoms with van der Waals surface area (Å²) in [6, 6.07) is 13.3. The minimum absolute atomic E-state index is 0.390. The third-order valence-electron chi connectivity index (χ3n) is 8.47. The zero-order chi connectivity index (χ0) is 20.9. The van der Waals surface area contributed by atoms with E-state index in [-0.39, 0.29) is 0 Å². The summed E-state index contributed by atoms with van der Waals surface area (Å²) < 4.78 is 5.47. The second kappa shape index (κ2) is 8.04. The minimum Gasteiger partial charge on any atom is -0.497 e. The van der Waals surface area contributed by atoms with Crippen molar-refractivity contribution in [2.75, 3.05) is 7.11 Å². The largest absolute Gasteiger partial charge is 0.497 e. The SMILES string of the molecule is COc1ccc2c(c1)CC[C@@H]1[C@@H]2CC[C@]2(C)[C@@H](NCc3ccc(Cl)c(Cl)c3)CC[C@@H]12. The number of hydrogen-bond donors (Lipinski definition) is 1. The number of ether oxygens (including phenoxy) is 1. The molecular formula is C26H31Cl2NO. The average Bonchev–Trinajstić information content (AvgIpc) is 3.10. The molecule has 2 fully saturated rings. The van der Waals surface area contributed by atoms with Gasteiger partial charge in [0.15, 0.2) is 0 Å². The van der Waals surface area contributed by atoms with E-state index in [0.29, 0.717) is 21.5 Å². The molecule has 3 aliphatic carbocycles. The molecule has 0 heterocycles. The maximum Gasteiger partial charge on any atom is 0.119 e. The van der Waals surface area contributed by atoms with Gasteiger partial charge in [0, 0.05) is 12.6 Å². The first-order chi connectivity index (χ1) is 14.5. The molecule has 0 spiro atoms. The quantitative estimate of drug-likeness (QED) is 0.547. The van der Waals surface area contributed by atoms with Crippen molar-refractivity contribution in [3.8, 4) is 5.75 Å². The summed E-state index contributed by atoms with van der Waals surface area (Å²) in [4.78, 5) is 0. The van der Waals surface area contributed by atoms with Gasteiger partial charge in [0.1, 0.15) is 5.75 Å². The van der Waals surface area contributed by atoms with Gasteiger partial charge >= 0.3 is 0 Å². The normalized spacial score (nSPS) is 32.3. The highest BCUT2D eigenvalue weighted by atomic mass is 35.5. The lowest BCUT2D eigenvalue weighted by Gasteiger charge is -2.51. The van der Waals surface area contributed by atoms with Crippen molar-refractivity contribution < 1.29 is 4.74 Å². The second-order valence-corrected chi connectivity index (χ2v) is 10.6. The Labute approximate surface area is 190 Å². The van der Waals surface area contributed by atoms with Gasteiger partial charge in [0.25, 0.3) is 0 Å². The van der Waals surface area contributed by atoms with Crippen molar-refractivity contribution in [3.05, 3.63) is 63.1 Å². The fraction of sp³-hybridized carbons (Fsp3) is 0.538. The van der Waals surface area contributed by atoms with E-state index in [9.17, 15) is 0 Å². The van der Waals surface area contributed by atoms with E-state index in [1.54, 1.807) is 12.7 Å². The Morgan fingerprint density at radius 3 is 2.70 bits per heavy atom. The molecule has 30 heavy (non-hydrogen) atoms. The van der Waals surface area contributed by atoms with Crippen LogP contribution in [-0.2, 0) is 13.0 Å². The van der Waals surface area contributed by atoms with Crippen LogP contribution in [0.3, 0.4) is 0 Å². The van der Waals surface area contributed by atoms with Crippen LogP contribution in [0.4, 0.5) is 0 Å². The Balaban J connectivity index is 1.32. The van der Waals surface area contributed by atoms with Gasteiger partial charge in [-0.2, -0.15) is 0 Å². The fourth-order valence-electron chi connectivity index (χ4n) is 6.91. The van der Waals surface area contributed by atoms with E-state index in [1.165, 1.54) is 49.7 Å². The highest BCUT2D eigenvalue weighted by Gasteiger charge is 2.54. The van der Waals surface area contributed by atoms with E-state index >= 15 is 0 Å². The van der Waals surface area contributed by atoms with Crippen LogP contribution in [0.25, 0.3) is 0 Å². The van der Waals surface area contributed by atoms with Crippen LogP contribution < -0.4 is 10.1 Å². The maximum absolute atomic E-state index is 6.22. The van der Waals surface area contributed by atoms with Crippen molar-refractivity contribution in [3.63, 3.8) is 0 Å². The Hall–Kier alpha value is -1.22. The lowest BCUT2D eigenvalue weighted by molar-refractivity contribution is 0.0408. The molecule has 2 saturated carbocycles. The summed E-state index contributed by atoms with van der Waals surface area (Å²) in [5.74, 6) is 3.37. The van der Waals surface area contributed by atoms with Crippen LogP contribution in [0, 0.1) is 17.3 Å². The summed E-state index contributed by atoms with van der Waals surface area (Å²) in [7, 11) is 1.77. The topological polar surface area (TPSA) is 21.3 Å². The van der Waals surface area contributed by atoms with E-state index in [1.807, 2.05) is 12.1 Å². The Morgan fingerprint density at radius 2 is 1.90 bits per heavy atom. The lowest BCUT2D eigenvalue weighted by atomic mass is 9.55. The number of rotatable bonds is 4. The molecule has 0 saturated heterocycles. The van der Waals surface area contributed by atoms with Crippen LogP contribution in [0.1, 0.15) is 61.6 Å². The molecule has 0 bridgehead atoms. The number of hydrogen-bond acceptors (Lipinski definition) is 2. The molecule has 4 heteroatoms. The van der Waals surface area contributed by atoms with Crippen molar-refractivity contribution >= 4 is 23.2 Å². The van der Waals surface area contributed by atoms with Gasteiger partial charge in [-0.1, -0.05) is 42.3 Å². The highest BCUT2D eigenvalue weighted by molar-refractivity contribution is 6.42. The minimum atomic E-state index is 0.390. The van der Waals surface area contributed by atoms with Gasteiger partial charge in [0.2, 0.25) is 0 Å². The first kappa shape index (κ1) is 20.7. The van der Waals surface area contributed by atoms with Crippen molar-refractivity contribution in [2.45, 2.75) is 64.0 Å². The summed E-state index contributed by atoms with van der Waals surface area (Å²) in [5, 5.41) is 5.17. The molecule has 0 amide bonds. The van der Waals surface area contributed by atoms with E-state index in [2.05, 4.69) is 36.5 Å². The molecule has 0 unspecified atom stereocenters. The molecule has 5 atom stereocenters. The zero-order valence-electron chi connectivity index (χ0n) is 17.9. The van der Waals surface area contributed by atoms with Gasteiger partial charge in [-0.15, -0.1) is 0 Å². The Bertz CT molecular complexity index is 945. The number of halogens is 2. The predicted molar refractivity (Wildman–Crippen MR) is 125 cm³/mol. The highest BCUT2D eigenvalue weighted by Crippen LogP contribution is 2.61. The molecule has 0 radical (unpaired) electrons. The number of fused-ring (bicyclic) bond motifs is 5. The smallest absolute Gasteiger partial charge is 0.119 e. The van der Waals surface area contributed by atoms with Gasteiger partial charge in [0.05, 0.1) is 17.2 Å². The monoisotopic (exact) mass is 443 g/mol. The number of methoxy groups -OCH3 is 1. The van der Waals surface area contributed by atoms with Gasteiger partial charge in [-0.25, -0.2) is 0 Å². The number of aryl methyl sites for hydroxylation is 1. The summed E-state index contributed by atoms with van der Waals surface area (Å²) in [6.45, 7) is 3.41. The first-order valence-electron chi connectivity index (χ1n) is 11.3. The van der Waals surface area contributed by atoms with Crippen molar-refractivity contribution in [1.82, 2.24) is 5.32 Å².